The summed E-state index contributed by atoms with van der Waals surface area (Å²) in [5, 5.41) is 0. The standard InChI is InChI=1S/C16H14BrNO4S/c1-4-11-6-5-7-12(8-11)18-23(19,20)16-10-15(22-3)14(21-2)9-13(16)17/h1,5-10,18H,2-3H3. The lowest BCUT2D eigenvalue weighted by atomic mass is 10.2. The van der Waals surface area contributed by atoms with Crippen molar-refractivity contribution in [1.29, 1.82) is 0 Å². The fourth-order valence-electron chi connectivity index (χ4n) is 1.92. The van der Waals surface area contributed by atoms with E-state index in [1.54, 1.807) is 24.3 Å². The van der Waals surface area contributed by atoms with E-state index in [9.17, 15) is 8.42 Å². The van der Waals surface area contributed by atoms with Crippen molar-refractivity contribution in [1.82, 2.24) is 0 Å². The van der Waals surface area contributed by atoms with Crippen LogP contribution in [0, 0.1) is 12.3 Å². The van der Waals surface area contributed by atoms with E-state index in [4.69, 9.17) is 15.9 Å². The van der Waals surface area contributed by atoms with Crippen molar-refractivity contribution < 1.29 is 17.9 Å². The lowest BCUT2D eigenvalue weighted by Crippen LogP contribution is -2.14. The van der Waals surface area contributed by atoms with E-state index >= 15 is 0 Å². The van der Waals surface area contributed by atoms with Crippen molar-refractivity contribution in [3.05, 3.63) is 46.4 Å². The second kappa shape index (κ2) is 6.94. The molecule has 2 aromatic carbocycles. The Kier molecular flexibility index (Phi) is 5.19. The van der Waals surface area contributed by atoms with E-state index in [2.05, 4.69) is 26.6 Å². The van der Waals surface area contributed by atoms with Crippen LogP contribution in [0.4, 0.5) is 5.69 Å². The first-order chi connectivity index (χ1) is 10.9. The predicted molar refractivity (Wildman–Crippen MR) is 92.4 cm³/mol. The Morgan fingerprint density at radius 2 is 1.78 bits per heavy atom. The van der Waals surface area contributed by atoms with Gasteiger partial charge in [-0.2, -0.15) is 0 Å². The third-order valence-electron chi connectivity index (χ3n) is 3.01. The third-order valence-corrected chi connectivity index (χ3v) is 5.35. The molecular formula is C16H14BrNO4S. The van der Waals surface area contributed by atoms with Crippen molar-refractivity contribution in [2.75, 3.05) is 18.9 Å². The van der Waals surface area contributed by atoms with E-state index in [1.807, 2.05) is 0 Å². The van der Waals surface area contributed by atoms with Crippen molar-refractivity contribution in [3.8, 4) is 23.8 Å². The van der Waals surface area contributed by atoms with Gasteiger partial charge in [-0.15, -0.1) is 6.42 Å². The Balaban J connectivity index is 2.45. The van der Waals surface area contributed by atoms with E-state index in [0.717, 1.165) is 0 Å². The SMILES string of the molecule is C#Cc1cccc(NS(=O)(=O)c2cc(OC)c(OC)cc2Br)c1. The van der Waals surface area contributed by atoms with Crippen molar-refractivity contribution in [2.24, 2.45) is 0 Å². The van der Waals surface area contributed by atoms with Gasteiger partial charge in [-0.25, -0.2) is 8.42 Å². The maximum Gasteiger partial charge on any atom is 0.263 e. The van der Waals surface area contributed by atoms with Crippen molar-refractivity contribution in [3.63, 3.8) is 0 Å². The number of ether oxygens (including phenoxy) is 2. The Morgan fingerprint density at radius 1 is 1.13 bits per heavy atom. The number of hydrogen-bond donors (Lipinski definition) is 1. The van der Waals surface area contributed by atoms with Crippen LogP contribution in [-0.2, 0) is 10.0 Å². The zero-order valence-electron chi connectivity index (χ0n) is 12.5. The van der Waals surface area contributed by atoms with Crippen LogP contribution in [0.2, 0.25) is 0 Å². The van der Waals surface area contributed by atoms with E-state index in [-0.39, 0.29) is 4.90 Å². The molecule has 120 valence electrons. The van der Waals surface area contributed by atoms with Gasteiger partial charge in [-0.05, 0) is 40.2 Å². The normalized spacial score (nSPS) is 10.7. The van der Waals surface area contributed by atoms with Crippen LogP contribution in [0.3, 0.4) is 0 Å². The van der Waals surface area contributed by atoms with Gasteiger partial charge >= 0.3 is 0 Å². The van der Waals surface area contributed by atoms with Crippen LogP contribution < -0.4 is 14.2 Å². The number of terminal acetylenes is 1. The van der Waals surface area contributed by atoms with Gasteiger partial charge < -0.3 is 9.47 Å². The van der Waals surface area contributed by atoms with Crippen molar-refractivity contribution >= 4 is 31.6 Å². The first-order valence-corrected chi connectivity index (χ1v) is 8.70. The number of sulfonamides is 1. The molecule has 0 saturated heterocycles. The Bertz CT molecular complexity index is 872. The molecule has 0 amide bonds. The number of anilines is 1. The minimum absolute atomic E-state index is 0.0289. The molecule has 0 aromatic heterocycles. The van der Waals surface area contributed by atoms with Gasteiger partial charge in [0.1, 0.15) is 4.90 Å². The zero-order valence-corrected chi connectivity index (χ0v) is 14.9. The highest BCUT2D eigenvalue weighted by molar-refractivity contribution is 9.10. The lowest BCUT2D eigenvalue weighted by Gasteiger charge is -2.13. The first kappa shape index (κ1) is 17.2. The Hall–Kier alpha value is -2.17. The van der Waals surface area contributed by atoms with Gasteiger partial charge in [0.25, 0.3) is 10.0 Å². The average Bonchev–Trinajstić information content (AvgIpc) is 2.53. The van der Waals surface area contributed by atoms with Gasteiger partial charge in [0.05, 0.1) is 19.9 Å². The van der Waals surface area contributed by atoms with Gasteiger partial charge in [0.15, 0.2) is 11.5 Å². The summed E-state index contributed by atoms with van der Waals surface area (Å²) in [6.07, 6.45) is 5.32. The number of nitrogens with one attached hydrogen (secondary N) is 1. The molecule has 0 radical (unpaired) electrons. The monoisotopic (exact) mass is 395 g/mol. The van der Waals surface area contributed by atoms with Crippen LogP contribution in [0.1, 0.15) is 5.56 Å². The smallest absolute Gasteiger partial charge is 0.263 e. The Morgan fingerprint density at radius 3 is 2.39 bits per heavy atom. The summed E-state index contributed by atoms with van der Waals surface area (Å²) in [5.41, 5.74) is 0.957. The van der Waals surface area contributed by atoms with E-state index in [1.165, 1.54) is 26.4 Å². The fraction of sp³-hybridized carbons (Fsp3) is 0.125. The largest absolute Gasteiger partial charge is 0.493 e. The maximum absolute atomic E-state index is 12.6. The molecule has 0 spiro atoms. The molecular weight excluding hydrogens is 382 g/mol. The molecule has 0 heterocycles. The summed E-state index contributed by atoms with van der Waals surface area (Å²) in [7, 11) is -0.917. The highest BCUT2D eigenvalue weighted by Crippen LogP contribution is 2.36. The highest BCUT2D eigenvalue weighted by Gasteiger charge is 2.21. The molecule has 1 N–H and O–H groups in total. The zero-order chi connectivity index (χ0) is 17.0. The summed E-state index contributed by atoms with van der Waals surface area (Å²) in [6, 6.07) is 9.50. The summed E-state index contributed by atoms with van der Waals surface area (Å²) in [6.45, 7) is 0. The molecule has 0 aliphatic rings. The van der Waals surface area contributed by atoms with Crippen LogP contribution in [-0.4, -0.2) is 22.6 Å². The minimum atomic E-state index is -3.83. The van der Waals surface area contributed by atoms with Crippen LogP contribution in [0.5, 0.6) is 11.5 Å². The molecule has 23 heavy (non-hydrogen) atoms. The summed E-state index contributed by atoms with van der Waals surface area (Å²) < 4.78 is 38.3. The molecule has 0 bridgehead atoms. The molecule has 0 fully saturated rings. The molecule has 7 heteroatoms. The number of halogens is 1. The average molecular weight is 396 g/mol. The van der Waals surface area contributed by atoms with Gasteiger partial charge in [0, 0.05) is 16.1 Å². The molecule has 2 rings (SSSR count). The molecule has 0 saturated carbocycles. The lowest BCUT2D eigenvalue weighted by molar-refractivity contribution is 0.353. The number of methoxy groups -OCH3 is 2. The van der Waals surface area contributed by atoms with E-state index in [0.29, 0.717) is 27.2 Å². The van der Waals surface area contributed by atoms with Crippen LogP contribution in [0.25, 0.3) is 0 Å². The number of rotatable bonds is 5. The topological polar surface area (TPSA) is 64.6 Å². The van der Waals surface area contributed by atoms with Gasteiger partial charge in [-0.1, -0.05) is 12.0 Å². The van der Waals surface area contributed by atoms with Crippen LogP contribution in [0.15, 0.2) is 45.8 Å². The fourth-order valence-corrected chi connectivity index (χ4v) is 4.01. The van der Waals surface area contributed by atoms with E-state index < -0.39 is 10.0 Å². The van der Waals surface area contributed by atoms with Gasteiger partial charge in [0.2, 0.25) is 0 Å². The second-order valence-corrected chi connectivity index (χ2v) is 6.97. The summed E-state index contributed by atoms with van der Waals surface area (Å²) in [4.78, 5) is 0.0289. The minimum Gasteiger partial charge on any atom is -0.493 e. The third kappa shape index (κ3) is 3.78. The molecule has 0 aliphatic carbocycles. The molecule has 5 nitrogen and oxygen atoms in total. The molecule has 2 aromatic rings. The maximum atomic E-state index is 12.6. The van der Waals surface area contributed by atoms with Crippen LogP contribution >= 0.6 is 15.9 Å². The predicted octanol–water partition coefficient (Wildman–Crippen LogP) is 3.25. The van der Waals surface area contributed by atoms with Crippen molar-refractivity contribution in [2.45, 2.75) is 4.90 Å². The quantitative estimate of drug-likeness (QED) is 0.789. The highest BCUT2D eigenvalue weighted by atomic mass is 79.9. The Labute approximate surface area is 143 Å². The number of hydrogen-bond acceptors (Lipinski definition) is 4. The second-order valence-electron chi connectivity index (χ2n) is 4.47. The summed E-state index contributed by atoms with van der Waals surface area (Å²) >= 11 is 3.24. The summed E-state index contributed by atoms with van der Waals surface area (Å²) in [5.74, 6) is 3.19. The van der Waals surface area contributed by atoms with Gasteiger partial charge in [-0.3, -0.25) is 4.72 Å². The number of benzene rings is 2. The first-order valence-electron chi connectivity index (χ1n) is 6.42. The molecule has 0 unspecified atom stereocenters. The molecule has 0 atom stereocenters. The molecule has 0 aliphatic heterocycles.